The van der Waals surface area contributed by atoms with Crippen LogP contribution < -0.4 is 5.73 Å². The summed E-state index contributed by atoms with van der Waals surface area (Å²) in [6.07, 6.45) is 1.04. The molecule has 0 aliphatic carbocycles. The number of aryl methyl sites for hydroxylation is 1. The Morgan fingerprint density at radius 1 is 1.44 bits per heavy atom. The van der Waals surface area contributed by atoms with E-state index in [2.05, 4.69) is 9.97 Å². The zero-order valence-corrected chi connectivity index (χ0v) is 9.42. The number of anilines is 1. The smallest absolute Gasteiger partial charge is 0.313 e. The van der Waals surface area contributed by atoms with Crippen LogP contribution >= 0.6 is 0 Å². The van der Waals surface area contributed by atoms with Crippen LogP contribution in [0.3, 0.4) is 0 Å². The molecule has 0 amide bonds. The van der Waals surface area contributed by atoms with Gasteiger partial charge in [0.05, 0.1) is 4.92 Å². The highest BCUT2D eigenvalue weighted by Gasteiger charge is 2.18. The van der Waals surface area contributed by atoms with Gasteiger partial charge >= 0.3 is 5.69 Å². The Balaban J connectivity index is 2.65. The Labute approximate surface area is 101 Å². The first-order chi connectivity index (χ1) is 8.49. The Morgan fingerprint density at radius 2 is 2.17 bits per heavy atom. The van der Waals surface area contributed by atoms with Crippen molar-refractivity contribution >= 4 is 11.6 Å². The van der Waals surface area contributed by atoms with Crippen LogP contribution in [-0.2, 0) is 0 Å². The van der Waals surface area contributed by atoms with Crippen molar-refractivity contribution in [2.24, 2.45) is 0 Å². The third-order valence-corrected chi connectivity index (χ3v) is 2.42. The third-order valence-electron chi connectivity index (χ3n) is 2.42. The van der Waals surface area contributed by atoms with Crippen LogP contribution in [0.25, 0.3) is 11.3 Å². The molecule has 2 N–H and O–H groups in total. The van der Waals surface area contributed by atoms with Gasteiger partial charge in [-0.05, 0) is 30.7 Å². The van der Waals surface area contributed by atoms with Crippen molar-refractivity contribution in [1.29, 1.82) is 0 Å². The number of rotatable bonds is 2. The minimum atomic E-state index is -0.604. The van der Waals surface area contributed by atoms with Gasteiger partial charge in [0, 0.05) is 5.56 Å². The molecule has 2 aromatic rings. The molecule has 1 heterocycles. The Morgan fingerprint density at radius 3 is 2.78 bits per heavy atom. The molecule has 0 saturated carbocycles. The number of halogens is 1. The fraction of sp³-hybridized carbons (Fsp3) is 0.0909. The number of hydrogen-bond acceptors (Lipinski definition) is 5. The van der Waals surface area contributed by atoms with E-state index in [-0.39, 0.29) is 23.1 Å². The summed E-state index contributed by atoms with van der Waals surface area (Å²) in [4.78, 5) is 17.7. The molecule has 1 aromatic heterocycles. The standard InChI is InChI=1S/C11H9FN4O2/c1-6-4-7(2-3-8(6)12)10-9(16(17)18)5-14-11(13)15-10/h2-5H,1H3,(H2,13,14,15). The van der Waals surface area contributed by atoms with Crippen molar-refractivity contribution in [2.75, 3.05) is 5.73 Å². The van der Waals surface area contributed by atoms with Gasteiger partial charge in [-0.2, -0.15) is 0 Å². The van der Waals surface area contributed by atoms with Crippen molar-refractivity contribution in [3.8, 4) is 11.3 Å². The van der Waals surface area contributed by atoms with E-state index in [0.29, 0.717) is 11.1 Å². The highest BCUT2D eigenvalue weighted by molar-refractivity contribution is 5.70. The van der Waals surface area contributed by atoms with Crippen LogP contribution in [0.1, 0.15) is 5.56 Å². The van der Waals surface area contributed by atoms with Crippen LogP contribution in [0.5, 0.6) is 0 Å². The van der Waals surface area contributed by atoms with Gasteiger partial charge in [0.2, 0.25) is 5.95 Å². The molecular weight excluding hydrogens is 239 g/mol. The molecule has 1 aromatic carbocycles. The number of hydrogen-bond donors (Lipinski definition) is 1. The summed E-state index contributed by atoms with van der Waals surface area (Å²) in [6.45, 7) is 1.56. The highest BCUT2D eigenvalue weighted by atomic mass is 19.1. The zero-order chi connectivity index (χ0) is 13.3. The van der Waals surface area contributed by atoms with Gasteiger partial charge < -0.3 is 5.73 Å². The summed E-state index contributed by atoms with van der Waals surface area (Å²) >= 11 is 0. The Kier molecular flexibility index (Phi) is 2.88. The molecule has 6 nitrogen and oxygen atoms in total. The molecular formula is C11H9FN4O2. The Hall–Kier alpha value is -2.57. The molecule has 0 aliphatic rings. The van der Waals surface area contributed by atoms with Gasteiger partial charge in [0.1, 0.15) is 12.0 Å². The van der Waals surface area contributed by atoms with Crippen molar-refractivity contribution in [1.82, 2.24) is 9.97 Å². The largest absolute Gasteiger partial charge is 0.368 e. The lowest BCUT2D eigenvalue weighted by Crippen LogP contribution is -2.01. The molecule has 0 spiro atoms. The number of nitrogens with two attached hydrogens (primary N) is 1. The molecule has 0 fully saturated rings. The minimum absolute atomic E-state index is 0.0717. The van der Waals surface area contributed by atoms with E-state index in [1.807, 2.05) is 0 Å². The van der Waals surface area contributed by atoms with E-state index in [0.717, 1.165) is 6.20 Å². The second-order valence-corrected chi connectivity index (χ2v) is 3.68. The fourth-order valence-corrected chi connectivity index (χ4v) is 1.53. The molecule has 7 heteroatoms. The van der Waals surface area contributed by atoms with E-state index >= 15 is 0 Å². The summed E-state index contributed by atoms with van der Waals surface area (Å²) in [6, 6.07) is 4.12. The lowest BCUT2D eigenvalue weighted by Gasteiger charge is -2.04. The second kappa shape index (κ2) is 4.36. The lowest BCUT2D eigenvalue weighted by atomic mass is 10.1. The first kappa shape index (κ1) is 11.9. The van der Waals surface area contributed by atoms with E-state index in [1.165, 1.54) is 18.2 Å². The van der Waals surface area contributed by atoms with Crippen LogP contribution in [0.2, 0.25) is 0 Å². The summed E-state index contributed by atoms with van der Waals surface area (Å²) in [5.74, 6) is -0.457. The van der Waals surface area contributed by atoms with Crippen LogP contribution in [0.15, 0.2) is 24.4 Å². The predicted octanol–water partition coefficient (Wildman–Crippen LogP) is 2.08. The SMILES string of the molecule is Cc1cc(-c2nc(N)ncc2[N+](=O)[O-])ccc1F. The molecule has 0 radical (unpaired) electrons. The number of benzene rings is 1. The van der Waals surface area contributed by atoms with E-state index in [1.54, 1.807) is 6.92 Å². The average molecular weight is 248 g/mol. The van der Waals surface area contributed by atoms with Crippen molar-refractivity contribution in [3.63, 3.8) is 0 Å². The van der Waals surface area contributed by atoms with Gasteiger partial charge in [-0.15, -0.1) is 0 Å². The van der Waals surface area contributed by atoms with Gasteiger partial charge in [-0.25, -0.2) is 14.4 Å². The van der Waals surface area contributed by atoms with E-state index in [9.17, 15) is 14.5 Å². The third kappa shape index (κ3) is 2.10. The zero-order valence-electron chi connectivity index (χ0n) is 9.42. The van der Waals surface area contributed by atoms with Crippen molar-refractivity contribution in [2.45, 2.75) is 6.92 Å². The van der Waals surface area contributed by atoms with Gasteiger partial charge in [0.25, 0.3) is 0 Å². The van der Waals surface area contributed by atoms with Crippen molar-refractivity contribution in [3.05, 3.63) is 45.9 Å². The highest BCUT2D eigenvalue weighted by Crippen LogP contribution is 2.28. The summed E-state index contributed by atoms with van der Waals surface area (Å²) < 4.78 is 13.2. The molecule has 0 saturated heterocycles. The second-order valence-electron chi connectivity index (χ2n) is 3.68. The number of nitrogens with zero attached hydrogens (tertiary/aromatic N) is 3. The Bertz CT molecular complexity index is 630. The number of nitro groups is 1. The fourth-order valence-electron chi connectivity index (χ4n) is 1.53. The predicted molar refractivity (Wildman–Crippen MR) is 63.2 cm³/mol. The van der Waals surface area contributed by atoms with Crippen LogP contribution in [-0.4, -0.2) is 14.9 Å². The van der Waals surface area contributed by atoms with Crippen LogP contribution in [0, 0.1) is 22.9 Å². The monoisotopic (exact) mass is 248 g/mol. The number of nitrogen functional groups attached to an aromatic ring is 1. The maximum Gasteiger partial charge on any atom is 0.313 e. The first-order valence-corrected chi connectivity index (χ1v) is 5.02. The molecule has 0 bridgehead atoms. The molecule has 0 aliphatic heterocycles. The first-order valence-electron chi connectivity index (χ1n) is 5.02. The van der Waals surface area contributed by atoms with Gasteiger partial charge in [0.15, 0.2) is 5.69 Å². The maximum atomic E-state index is 13.2. The molecule has 92 valence electrons. The van der Waals surface area contributed by atoms with Gasteiger partial charge in [-0.3, -0.25) is 10.1 Å². The topological polar surface area (TPSA) is 94.9 Å². The van der Waals surface area contributed by atoms with Crippen molar-refractivity contribution < 1.29 is 9.31 Å². The van der Waals surface area contributed by atoms with Gasteiger partial charge in [-0.1, -0.05) is 0 Å². The molecule has 2 rings (SSSR count). The maximum absolute atomic E-state index is 13.2. The molecule has 18 heavy (non-hydrogen) atoms. The molecule has 0 atom stereocenters. The lowest BCUT2D eigenvalue weighted by molar-refractivity contribution is -0.384. The minimum Gasteiger partial charge on any atom is -0.368 e. The summed E-state index contributed by atoms with van der Waals surface area (Å²) in [5.41, 5.74) is 6.02. The van der Waals surface area contributed by atoms with Crippen LogP contribution in [0.4, 0.5) is 16.0 Å². The quantitative estimate of drug-likeness (QED) is 0.648. The van der Waals surface area contributed by atoms with E-state index in [4.69, 9.17) is 5.73 Å². The normalized spacial score (nSPS) is 10.3. The summed E-state index contributed by atoms with van der Waals surface area (Å²) in [5, 5.41) is 10.9. The number of aromatic nitrogens is 2. The van der Waals surface area contributed by atoms with E-state index < -0.39 is 4.92 Å². The molecule has 0 unspecified atom stereocenters. The average Bonchev–Trinajstić information content (AvgIpc) is 2.32. The summed E-state index contributed by atoms with van der Waals surface area (Å²) in [7, 11) is 0.